The van der Waals surface area contributed by atoms with E-state index >= 15 is 0 Å². The van der Waals surface area contributed by atoms with E-state index in [0.29, 0.717) is 45.4 Å². The van der Waals surface area contributed by atoms with Crippen molar-refractivity contribution in [3.63, 3.8) is 0 Å². The van der Waals surface area contributed by atoms with E-state index in [2.05, 4.69) is 21.2 Å². The molecule has 4 aliphatic rings. The number of nitrogens with one attached hydrogen (secondary N) is 3. The normalized spacial score (nSPS) is 22.0. The molecule has 1 unspecified atom stereocenters. The second-order valence-corrected chi connectivity index (χ2v) is 11.0. The summed E-state index contributed by atoms with van der Waals surface area (Å²) in [7, 11) is 0. The summed E-state index contributed by atoms with van der Waals surface area (Å²) in [5.74, 6) is -0.380. The van der Waals surface area contributed by atoms with Gasteiger partial charge in [0.05, 0.1) is 12.8 Å². The number of carbonyl (C=O) groups is 3. The number of hydrazone groups is 1. The molecular weight excluding hydrogens is 508 g/mol. The summed E-state index contributed by atoms with van der Waals surface area (Å²) in [5, 5.41) is 10.0. The van der Waals surface area contributed by atoms with Crippen LogP contribution in [0.15, 0.2) is 52.7 Å². The van der Waals surface area contributed by atoms with E-state index in [4.69, 9.17) is 4.74 Å². The molecule has 0 radical (unpaired) electrons. The predicted octanol–water partition coefficient (Wildman–Crippen LogP) is 4.30. The van der Waals surface area contributed by atoms with Crippen LogP contribution in [0, 0.1) is 0 Å². The van der Waals surface area contributed by atoms with Crippen LogP contribution >= 0.6 is 0 Å². The molecule has 1 aromatic carbocycles. The van der Waals surface area contributed by atoms with Gasteiger partial charge in [-0.2, -0.15) is 5.10 Å². The number of amides is 4. The van der Waals surface area contributed by atoms with Crippen molar-refractivity contribution in [3.8, 4) is 0 Å². The molecule has 3 heterocycles. The maximum atomic E-state index is 13.4. The quantitative estimate of drug-likeness (QED) is 0.440. The molecule has 10 heteroatoms. The number of urea groups is 2. The van der Waals surface area contributed by atoms with E-state index in [1.54, 1.807) is 11.1 Å². The highest BCUT2D eigenvalue weighted by Gasteiger charge is 2.34. The number of fused-ring (bicyclic) bond motifs is 1. The highest BCUT2D eigenvalue weighted by molar-refractivity contribution is 5.92. The number of benzene rings is 1. The van der Waals surface area contributed by atoms with Gasteiger partial charge in [0.15, 0.2) is 0 Å². The van der Waals surface area contributed by atoms with Crippen LogP contribution in [0.1, 0.15) is 63.9 Å². The van der Waals surface area contributed by atoms with E-state index in [1.807, 2.05) is 48.2 Å². The number of esters is 1. The molecule has 1 aliphatic carbocycles. The summed E-state index contributed by atoms with van der Waals surface area (Å²) >= 11 is 0. The molecule has 1 atom stereocenters. The summed E-state index contributed by atoms with van der Waals surface area (Å²) in [5.41, 5.74) is 6.83. The van der Waals surface area contributed by atoms with Crippen LogP contribution in [-0.2, 0) is 16.1 Å². The van der Waals surface area contributed by atoms with Crippen molar-refractivity contribution in [2.45, 2.75) is 83.0 Å². The lowest BCUT2D eigenvalue weighted by Crippen LogP contribution is -2.54. The number of carbonyl (C=O) groups excluding carboxylic acids is 3. The van der Waals surface area contributed by atoms with Gasteiger partial charge < -0.3 is 30.6 Å². The summed E-state index contributed by atoms with van der Waals surface area (Å²) in [6.07, 6.45) is 12.4. The second-order valence-electron chi connectivity index (χ2n) is 11.0. The standard InChI is InChI=1S/C30H40N6O4/c1-2-21(16-22-18-31-32-19-22)17-27(28(37)40-25-9-4-3-5-10-25)34-29(38)35-14-12-24(13-15-35)36-20-23-8-6-7-11-26(23)33-30(36)39/h2,6-8,11,16,18,24-25,27,32H,3-5,9-10,12-15,17,19-20H2,1H3,(H,33,39)(H,34,38)/b21-2+,22-16-. The number of anilines is 1. The van der Waals surface area contributed by atoms with Crippen molar-refractivity contribution in [2.75, 3.05) is 25.0 Å². The van der Waals surface area contributed by atoms with Crippen LogP contribution in [0.3, 0.4) is 0 Å². The Balaban J connectivity index is 1.20. The minimum Gasteiger partial charge on any atom is -0.461 e. The number of rotatable bonds is 7. The maximum absolute atomic E-state index is 13.4. The van der Waals surface area contributed by atoms with Gasteiger partial charge in [0.1, 0.15) is 12.1 Å². The predicted molar refractivity (Wildman–Crippen MR) is 154 cm³/mol. The topological polar surface area (TPSA) is 115 Å². The summed E-state index contributed by atoms with van der Waals surface area (Å²) in [6.45, 7) is 4.15. The number of likely N-dealkylation sites (tertiary alicyclic amines) is 1. The maximum Gasteiger partial charge on any atom is 0.329 e. The summed E-state index contributed by atoms with van der Waals surface area (Å²) in [6, 6.07) is 6.74. The van der Waals surface area contributed by atoms with E-state index in [-0.39, 0.29) is 30.2 Å². The number of piperidine rings is 1. The van der Waals surface area contributed by atoms with E-state index in [0.717, 1.165) is 48.1 Å². The summed E-state index contributed by atoms with van der Waals surface area (Å²) < 4.78 is 5.88. The molecule has 1 saturated carbocycles. The number of ether oxygens (including phenoxy) is 1. The lowest BCUT2D eigenvalue weighted by Gasteiger charge is -2.40. The van der Waals surface area contributed by atoms with E-state index in [9.17, 15) is 14.4 Å². The van der Waals surface area contributed by atoms with Crippen molar-refractivity contribution < 1.29 is 19.1 Å². The summed E-state index contributed by atoms with van der Waals surface area (Å²) in [4.78, 5) is 43.1. The highest BCUT2D eigenvalue weighted by Crippen LogP contribution is 2.28. The lowest BCUT2D eigenvalue weighted by molar-refractivity contribution is -0.152. The van der Waals surface area contributed by atoms with Gasteiger partial charge >= 0.3 is 18.0 Å². The number of hydrogen-bond acceptors (Lipinski definition) is 6. The fourth-order valence-electron chi connectivity index (χ4n) is 5.89. The molecule has 0 spiro atoms. The largest absolute Gasteiger partial charge is 0.461 e. The van der Waals surface area contributed by atoms with Gasteiger partial charge in [0.25, 0.3) is 0 Å². The number of hydrogen-bond donors (Lipinski definition) is 3. The van der Waals surface area contributed by atoms with Crippen molar-refractivity contribution in [2.24, 2.45) is 5.10 Å². The molecule has 0 aromatic heterocycles. The molecule has 4 amide bonds. The first-order valence-corrected chi connectivity index (χ1v) is 14.5. The molecule has 0 bridgehead atoms. The van der Waals surface area contributed by atoms with Gasteiger partial charge in [0.2, 0.25) is 0 Å². The molecule has 1 aromatic rings. The molecule has 40 heavy (non-hydrogen) atoms. The molecule has 3 aliphatic heterocycles. The van der Waals surface area contributed by atoms with Crippen LogP contribution in [0.5, 0.6) is 0 Å². The third kappa shape index (κ3) is 6.84. The van der Waals surface area contributed by atoms with Crippen LogP contribution < -0.4 is 16.1 Å². The minimum atomic E-state index is -0.786. The van der Waals surface area contributed by atoms with Crippen molar-refractivity contribution in [3.05, 3.63) is 53.1 Å². The highest BCUT2D eigenvalue weighted by atomic mass is 16.5. The third-order valence-electron chi connectivity index (χ3n) is 8.26. The van der Waals surface area contributed by atoms with Crippen molar-refractivity contribution >= 4 is 29.9 Å². The molecular formula is C30H40N6O4. The number of allylic oxidation sites excluding steroid dienone is 2. The first kappa shape index (κ1) is 27.7. The zero-order valence-electron chi connectivity index (χ0n) is 23.2. The molecule has 2 fully saturated rings. The Morgan fingerprint density at radius 3 is 2.65 bits per heavy atom. The van der Waals surface area contributed by atoms with Crippen LogP contribution in [-0.4, -0.2) is 71.9 Å². The minimum absolute atomic E-state index is 0.0485. The average Bonchev–Trinajstić information content (AvgIpc) is 3.49. The third-order valence-corrected chi connectivity index (χ3v) is 8.26. The van der Waals surface area contributed by atoms with E-state index in [1.165, 1.54) is 6.42 Å². The first-order valence-electron chi connectivity index (χ1n) is 14.5. The number of para-hydroxylation sites is 1. The van der Waals surface area contributed by atoms with Gasteiger partial charge in [-0.15, -0.1) is 0 Å². The Labute approximate surface area is 235 Å². The fraction of sp³-hybridized carbons (Fsp3) is 0.533. The lowest BCUT2D eigenvalue weighted by atomic mass is 9.97. The first-order chi connectivity index (χ1) is 19.5. The van der Waals surface area contributed by atoms with Gasteiger partial charge in [-0.3, -0.25) is 0 Å². The van der Waals surface area contributed by atoms with Gasteiger partial charge in [-0.25, -0.2) is 14.4 Å². The Bertz CT molecular complexity index is 1180. The van der Waals surface area contributed by atoms with Gasteiger partial charge in [0, 0.05) is 37.8 Å². The Morgan fingerprint density at radius 1 is 1.15 bits per heavy atom. The van der Waals surface area contributed by atoms with Gasteiger partial charge in [-0.05, 0) is 68.2 Å². The molecule has 3 N–H and O–H groups in total. The molecule has 10 nitrogen and oxygen atoms in total. The van der Waals surface area contributed by atoms with Crippen molar-refractivity contribution in [1.82, 2.24) is 20.5 Å². The monoisotopic (exact) mass is 548 g/mol. The smallest absolute Gasteiger partial charge is 0.329 e. The average molecular weight is 549 g/mol. The van der Waals surface area contributed by atoms with Crippen LogP contribution in [0.2, 0.25) is 0 Å². The molecule has 5 rings (SSSR count). The Morgan fingerprint density at radius 2 is 1.93 bits per heavy atom. The molecule has 1 saturated heterocycles. The Kier molecular flexibility index (Phi) is 9.03. The zero-order chi connectivity index (χ0) is 27.9. The number of nitrogens with zero attached hydrogens (tertiary/aromatic N) is 3. The fourth-order valence-corrected chi connectivity index (χ4v) is 5.89. The zero-order valence-corrected chi connectivity index (χ0v) is 23.2. The Hall–Kier alpha value is -3.82. The SMILES string of the molecule is C/C=C(\C=C1\C=NNC1)CC(NC(=O)N1CCC(N2Cc3ccccc3NC2=O)CC1)C(=O)OC1CCCCC1. The van der Waals surface area contributed by atoms with Gasteiger partial charge in [-0.1, -0.05) is 36.8 Å². The van der Waals surface area contributed by atoms with Crippen molar-refractivity contribution in [1.29, 1.82) is 0 Å². The van der Waals surface area contributed by atoms with Crippen LogP contribution in [0.4, 0.5) is 15.3 Å². The molecule has 214 valence electrons. The van der Waals surface area contributed by atoms with E-state index < -0.39 is 6.04 Å². The second kappa shape index (κ2) is 13.0. The van der Waals surface area contributed by atoms with Crippen LogP contribution in [0.25, 0.3) is 0 Å².